The van der Waals surface area contributed by atoms with Gasteiger partial charge in [-0.1, -0.05) is 29.3 Å². The summed E-state index contributed by atoms with van der Waals surface area (Å²) in [5.41, 5.74) is 0.779. The number of ether oxygens (including phenoxy) is 1. The minimum absolute atomic E-state index is 0.190. The first-order valence-corrected chi connectivity index (χ1v) is 6.36. The minimum atomic E-state index is -0.420. The molecule has 2 rings (SSSR count). The van der Waals surface area contributed by atoms with Crippen molar-refractivity contribution in [1.29, 1.82) is 0 Å². The highest BCUT2D eigenvalue weighted by atomic mass is 35.5. The monoisotopic (exact) mass is 304 g/mol. The van der Waals surface area contributed by atoms with Crippen molar-refractivity contribution in [3.8, 4) is 11.5 Å². The molecule has 94 valence electrons. The molecule has 0 aliphatic heterocycles. The topological polar surface area (TPSA) is 9.23 Å². The number of benzene rings is 2. The van der Waals surface area contributed by atoms with Gasteiger partial charge in [-0.15, -0.1) is 11.6 Å². The van der Waals surface area contributed by atoms with Crippen LogP contribution in [0.15, 0.2) is 36.4 Å². The second-order valence-corrected chi connectivity index (χ2v) is 4.67. The maximum Gasteiger partial charge on any atom is 0.146 e. The van der Waals surface area contributed by atoms with E-state index in [4.69, 9.17) is 39.5 Å². The number of hydrogen-bond donors (Lipinski definition) is 0. The van der Waals surface area contributed by atoms with Crippen molar-refractivity contribution >= 4 is 34.8 Å². The van der Waals surface area contributed by atoms with Crippen LogP contribution in [-0.4, -0.2) is 0 Å². The second-order valence-electron chi connectivity index (χ2n) is 3.56. The summed E-state index contributed by atoms with van der Waals surface area (Å²) in [5, 5.41) is 0.715. The van der Waals surface area contributed by atoms with Gasteiger partial charge in [0.25, 0.3) is 0 Å². The Morgan fingerprint density at radius 2 is 1.78 bits per heavy atom. The molecule has 0 N–H and O–H groups in total. The average Bonchev–Trinajstić information content (AvgIpc) is 2.33. The molecule has 0 aliphatic carbocycles. The second kappa shape index (κ2) is 5.79. The van der Waals surface area contributed by atoms with E-state index in [1.54, 1.807) is 18.2 Å². The molecular formula is C13H8Cl3FO. The van der Waals surface area contributed by atoms with Gasteiger partial charge in [0.15, 0.2) is 0 Å². The van der Waals surface area contributed by atoms with Gasteiger partial charge in [0, 0.05) is 10.6 Å². The van der Waals surface area contributed by atoms with Gasteiger partial charge in [-0.25, -0.2) is 4.39 Å². The Morgan fingerprint density at radius 1 is 1.00 bits per heavy atom. The van der Waals surface area contributed by atoms with Crippen LogP contribution in [0, 0.1) is 5.82 Å². The lowest BCUT2D eigenvalue weighted by atomic mass is 10.2. The largest absolute Gasteiger partial charge is 0.455 e. The number of alkyl halides is 1. The number of rotatable bonds is 3. The third-order valence-electron chi connectivity index (χ3n) is 2.29. The molecule has 0 bridgehead atoms. The van der Waals surface area contributed by atoms with Gasteiger partial charge >= 0.3 is 0 Å². The van der Waals surface area contributed by atoms with E-state index in [0.717, 1.165) is 5.56 Å². The van der Waals surface area contributed by atoms with Crippen LogP contribution in [0.1, 0.15) is 5.56 Å². The van der Waals surface area contributed by atoms with Gasteiger partial charge < -0.3 is 4.74 Å². The summed E-state index contributed by atoms with van der Waals surface area (Å²) in [6.07, 6.45) is 0. The maximum absolute atomic E-state index is 12.9. The van der Waals surface area contributed by atoms with Crippen molar-refractivity contribution in [2.75, 3.05) is 0 Å². The maximum atomic E-state index is 12.9. The first kappa shape index (κ1) is 13.5. The molecule has 2 aromatic carbocycles. The molecule has 0 aliphatic rings. The highest BCUT2D eigenvalue weighted by Crippen LogP contribution is 2.33. The molecule has 0 fully saturated rings. The Kier molecular flexibility index (Phi) is 4.33. The zero-order valence-corrected chi connectivity index (χ0v) is 11.4. The van der Waals surface area contributed by atoms with Gasteiger partial charge in [0.05, 0.1) is 10.9 Å². The molecule has 0 atom stereocenters. The molecule has 18 heavy (non-hydrogen) atoms. The lowest BCUT2D eigenvalue weighted by molar-refractivity contribution is 0.476. The highest BCUT2D eigenvalue weighted by molar-refractivity contribution is 6.32. The Morgan fingerprint density at radius 3 is 2.44 bits per heavy atom. The van der Waals surface area contributed by atoms with Gasteiger partial charge in [-0.05, 0) is 30.3 Å². The third-order valence-corrected chi connectivity index (χ3v) is 3.11. The highest BCUT2D eigenvalue weighted by Gasteiger charge is 2.08. The van der Waals surface area contributed by atoms with Crippen LogP contribution in [-0.2, 0) is 5.88 Å². The van der Waals surface area contributed by atoms with Crippen molar-refractivity contribution < 1.29 is 9.13 Å². The van der Waals surface area contributed by atoms with E-state index >= 15 is 0 Å². The number of halogens is 4. The summed E-state index contributed by atoms with van der Waals surface area (Å²) in [5.74, 6) is 0.722. The fourth-order valence-corrected chi connectivity index (χ4v) is 2.00. The predicted octanol–water partition coefficient (Wildman–Crippen LogP) is 5.66. The standard InChI is InChI=1S/C13H8Cl3FO/c14-7-8-1-2-9(15)5-13(8)18-12-4-3-10(17)6-11(12)16/h1-6H,7H2. The van der Waals surface area contributed by atoms with Crippen LogP contribution in [0.4, 0.5) is 4.39 Å². The minimum Gasteiger partial charge on any atom is -0.455 e. The van der Waals surface area contributed by atoms with Crippen LogP contribution in [0.5, 0.6) is 11.5 Å². The lowest BCUT2D eigenvalue weighted by Crippen LogP contribution is -1.91. The smallest absolute Gasteiger partial charge is 0.146 e. The van der Waals surface area contributed by atoms with Crippen molar-refractivity contribution in [2.45, 2.75) is 5.88 Å². The van der Waals surface area contributed by atoms with E-state index in [1.165, 1.54) is 18.2 Å². The molecule has 0 spiro atoms. The average molecular weight is 306 g/mol. The summed E-state index contributed by atoms with van der Waals surface area (Å²) < 4.78 is 18.5. The molecule has 0 heterocycles. The molecular weight excluding hydrogens is 297 g/mol. The quantitative estimate of drug-likeness (QED) is 0.664. The molecule has 1 nitrogen and oxygen atoms in total. The summed E-state index contributed by atoms with van der Waals surface area (Å²) in [7, 11) is 0. The Hall–Kier alpha value is -0.960. The van der Waals surface area contributed by atoms with Crippen LogP contribution < -0.4 is 4.74 Å². The molecule has 0 aromatic heterocycles. The zero-order chi connectivity index (χ0) is 13.1. The normalized spacial score (nSPS) is 10.4. The van der Waals surface area contributed by atoms with Crippen molar-refractivity contribution in [1.82, 2.24) is 0 Å². The van der Waals surface area contributed by atoms with E-state index in [9.17, 15) is 4.39 Å². The van der Waals surface area contributed by atoms with Gasteiger partial charge in [-0.2, -0.15) is 0 Å². The molecule has 0 radical (unpaired) electrons. The third kappa shape index (κ3) is 3.08. The van der Waals surface area contributed by atoms with Crippen LogP contribution in [0.3, 0.4) is 0 Å². The lowest BCUT2D eigenvalue weighted by Gasteiger charge is -2.11. The van der Waals surface area contributed by atoms with E-state index in [2.05, 4.69) is 0 Å². The summed E-state index contributed by atoms with van der Waals surface area (Å²) in [6, 6.07) is 9.03. The van der Waals surface area contributed by atoms with E-state index in [-0.39, 0.29) is 10.9 Å². The predicted molar refractivity (Wildman–Crippen MR) is 72.5 cm³/mol. The van der Waals surface area contributed by atoms with Gasteiger partial charge in [-0.3, -0.25) is 0 Å². The van der Waals surface area contributed by atoms with Gasteiger partial charge in [0.2, 0.25) is 0 Å². The molecule has 2 aromatic rings. The Balaban J connectivity index is 2.36. The first-order valence-electron chi connectivity index (χ1n) is 5.07. The van der Waals surface area contributed by atoms with Crippen LogP contribution >= 0.6 is 34.8 Å². The van der Waals surface area contributed by atoms with E-state index in [0.29, 0.717) is 16.5 Å². The summed E-state index contributed by atoms with van der Waals surface area (Å²) in [4.78, 5) is 0. The van der Waals surface area contributed by atoms with Crippen molar-refractivity contribution in [2.24, 2.45) is 0 Å². The fourth-order valence-electron chi connectivity index (χ4n) is 1.41. The van der Waals surface area contributed by atoms with Crippen molar-refractivity contribution in [3.05, 3.63) is 57.8 Å². The molecule has 0 amide bonds. The fraction of sp³-hybridized carbons (Fsp3) is 0.0769. The zero-order valence-electron chi connectivity index (χ0n) is 9.09. The van der Waals surface area contributed by atoms with E-state index < -0.39 is 5.82 Å². The molecule has 0 saturated carbocycles. The molecule has 5 heteroatoms. The molecule has 0 unspecified atom stereocenters. The van der Waals surface area contributed by atoms with E-state index in [1.807, 2.05) is 0 Å². The Labute approximate surface area is 119 Å². The SMILES string of the molecule is Fc1ccc(Oc2cc(Cl)ccc2CCl)c(Cl)c1. The summed E-state index contributed by atoms with van der Waals surface area (Å²) in [6.45, 7) is 0. The van der Waals surface area contributed by atoms with Crippen molar-refractivity contribution in [3.63, 3.8) is 0 Å². The Bertz CT molecular complexity index is 572. The van der Waals surface area contributed by atoms with Crippen LogP contribution in [0.2, 0.25) is 10.0 Å². The summed E-state index contributed by atoms with van der Waals surface area (Å²) >= 11 is 17.6. The van der Waals surface area contributed by atoms with Crippen LogP contribution in [0.25, 0.3) is 0 Å². The molecule has 0 saturated heterocycles. The van der Waals surface area contributed by atoms with Gasteiger partial charge in [0.1, 0.15) is 17.3 Å². The number of hydrogen-bond acceptors (Lipinski definition) is 1. The first-order chi connectivity index (χ1) is 8.60.